The van der Waals surface area contributed by atoms with Gasteiger partial charge < -0.3 is 15.8 Å². The molecule has 0 aromatic heterocycles. The van der Waals surface area contributed by atoms with Crippen molar-refractivity contribution < 1.29 is 22.7 Å². The van der Waals surface area contributed by atoms with Crippen molar-refractivity contribution in [2.75, 3.05) is 5.32 Å². The van der Waals surface area contributed by atoms with Gasteiger partial charge in [-0.3, -0.25) is 4.79 Å². The first-order valence-electron chi connectivity index (χ1n) is 8.12. The van der Waals surface area contributed by atoms with Gasteiger partial charge >= 0.3 is 6.18 Å². The van der Waals surface area contributed by atoms with Crippen molar-refractivity contribution in [3.63, 3.8) is 0 Å². The van der Waals surface area contributed by atoms with Gasteiger partial charge in [0, 0.05) is 11.7 Å². The number of ether oxygens (including phenoxy) is 1. The molecule has 4 nitrogen and oxygen atoms in total. The van der Waals surface area contributed by atoms with Crippen molar-refractivity contribution in [1.82, 2.24) is 0 Å². The average Bonchev–Trinajstić information content (AvgIpc) is 2.60. The Bertz CT molecular complexity index is 749. The fourth-order valence-electron chi connectivity index (χ4n) is 2.13. The van der Waals surface area contributed by atoms with E-state index in [1.165, 1.54) is 6.07 Å². The van der Waals surface area contributed by atoms with Crippen LogP contribution in [-0.2, 0) is 17.6 Å². The van der Waals surface area contributed by atoms with Gasteiger partial charge in [0.15, 0.2) is 0 Å². The molecule has 0 heterocycles. The zero-order valence-corrected chi connectivity index (χ0v) is 15.7. The monoisotopic (exact) mass is 402 g/mol. The third-order valence-electron chi connectivity index (χ3n) is 3.98. The summed E-state index contributed by atoms with van der Waals surface area (Å²) in [6.45, 7) is 3.51. The molecular formula is C19H22ClF3N2O2. The highest BCUT2D eigenvalue weighted by Gasteiger charge is 2.30. The molecule has 8 heteroatoms. The maximum Gasteiger partial charge on any atom is 0.416 e. The standard InChI is InChI=1S/C19H21F3N2O2.ClH/c1-12(13(2)23)18(25)24-16-6-8-17(9-7-16)26-11-14-4-3-5-15(10-14)19(20,21)22;/h3-10,12-13H,11,23H2,1-2H3,(H,24,25);1H. The molecule has 27 heavy (non-hydrogen) atoms. The van der Waals surface area contributed by atoms with Crippen LogP contribution in [-0.4, -0.2) is 11.9 Å². The third kappa shape index (κ3) is 6.77. The van der Waals surface area contributed by atoms with Gasteiger partial charge in [-0.25, -0.2) is 0 Å². The Morgan fingerprint density at radius 2 is 1.78 bits per heavy atom. The number of nitrogens with two attached hydrogens (primary N) is 1. The molecule has 2 atom stereocenters. The molecule has 0 spiro atoms. The summed E-state index contributed by atoms with van der Waals surface area (Å²) in [6, 6.07) is 11.3. The minimum atomic E-state index is -4.38. The van der Waals surface area contributed by atoms with Crippen LogP contribution in [0.3, 0.4) is 0 Å². The minimum Gasteiger partial charge on any atom is -0.489 e. The average molecular weight is 403 g/mol. The van der Waals surface area contributed by atoms with E-state index < -0.39 is 11.7 Å². The van der Waals surface area contributed by atoms with Crippen LogP contribution in [0.25, 0.3) is 0 Å². The van der Waals surface area contributed by atoms with Crippen molar-refractivity contribution in [2.45, 2.75) is 32.7 Å². The molecule has 3 N–H and O–H groups in total. The quantitative estimate of drug-likeness (QED) is 0.740. The van der Waals surface area contributed by atoms with E-state index in [0.29, 0.717) is 17.0 Å². The topological polar surface area (TPSA) is 64.4 Å². The number of anilines is 1. The second-order valence-electron chi connectivity index (χ2n) is 6.15. The summed E-state index contributed by atoms with van der Waals surface area (Å²) in [7, 11) is 0. The van der Waals surface area contributed by atoms with Crippen LogP contribution in [0.1, 0.15) is 25.0 Å². The summed E-state index contributed by atoms with van der Waals surface area (Å²) < 4.78 is 43.6. The highest BCUT2D eigenvalue weighted by molar-refractivity contribution is 5.92. The Morgan fingerprint density at radius 3 is 2.33 bits per heavy atom. The van der Waals surface area contributed by atoms with Crippen molar-refractivity contribution in [2.24, 2.45) is 11.7 Å². The zero-order valence-electron chi connectivity index (χ0n) is 14.9. The lowest BCUT2D eigenvalue weighted by molar-refractivity contribution is -0.137. The van der Waals surface area contributed by atoms with E-state index in [1.54, 1.807) is 44.2 Å². The molecule has 0 fully saturated rings. The number of carbonyl (C=O) groups excluding carboxylic acids is 1. The second kappa shape index (κ2) is 9.62. The maximum absolute atomic E-state index is 12.7. The summed E-state index contributed by atoms with van der Waals surface area (Å²) >= 11 is 0. The van der Waals surface area contributed by atoms with Gasteiger partial charge in [0.1, 0.15) is 12.4 Å². The van der Waals surface area contributed by atoms with E-state index >= 15 is 0 Å². The number of carbonyl (C=O) groups is 1. The lowest BCUT2D eigenvalue weighted by Gasteiger charge is -2.15. The normalized spacial score (nSPS) is 13.3. The van der Waals surface area contributed by atoms with Gasteiger partial charge in [-0.2, -0.15) is 13.2 Å². The molecule has 1 amide bonds. The van der Waals surface area contributed by atoms with Crippen LogP contribution in [0, 0.1) is 5.92 Å². The highest BCUT2D eigenvalue weighted by Crippen LogP contribution is 2.29. The highest BCUT2D eigenvalue weighted by atomic mass is 35.5. The summed E-state index contributed by atoms with van der Waals surface area (Å²) in [5.74, 6) is -0.0230. The fourth-order valence-corrected chi connectivity index (χ4v) is 2.13. The minimum absolute atomic E-state index is 0. The van der Waals surface area contributed by atoms with E-state index in [1.807, 2.05) is 0 Å². The predicted octanol–water partition coefficient (Wildman–Crippen LogP) is 4.63. The zero-order chi connectivity index (χ0) is 19.3. The Labute approximate surface area is 162 Å². The lowest BCUT2D eigenvalue weighted by atomic mass is 10.0. The molecule has 0 aliphatic heterocycles. The van der Waals surface area contributed by atoms with Gasteiger partial charge in [-0.05, 0) is 48.9 Å². The SMILES string of the molecule is CC(N)C(C)C(=O)Nc1ccc(OCc2cccc(C(F)(F)F)c2)cc1.Cl. The van der Waals surface area contributed by atoms with Crippen LogP contribution < -0.4 is 15.8 Å². The maximum atomic E-state index is 12.7. The molecule has 2 unspecified atom stereocenters. The van der Waals surface area contributed by atoms with Crippen LogP contribution >= 0.6 is 12.4 Å². The molecule has 0 aliphatic carbocycles. The number of hydrogen-bond donors (Lipinski definition) is 2. The number of nitrogens with one attached hydrogen (secondary N) is 1. The molecule has 0 aliphatic rings. The first-order chi connectivity index (χ1) is 12.2. The fraction of sp³-hybridized carbons (Fsp3) is 0.316. The van der Waals surface area contributed by atoms with Crippen LogP contribution in [0.4, 0.5) is 18.9 Å². The first kappa shape index (κ1) is 22.8. The molecular weight excluding hydrogens is 381 g/mol. The molecule has 2 aromatic carbocycles. The van der Waals surface area contributed by atoms with Crippen molar-refractivity contribution in [1.29, 1.82) is 0 Å². The van der Waals surface area contributed by atoms with Gasteiger partial charge in [0.25, 0.3) is 0 Å². The predicted molar refractivity (Wildman–Crippen MR) is 101 cm³/mol. The number of benzene rings is 2. The van der Waals surface area contributed by atoms with Gasteiger partial charge in [-0.15, -0.1) is 12.4 Å². The van der Waals surface area contributed by atoms with E-state index in [2.05, 4.69) is 5.32 Å². The largest absolute Gasteiger partial charge is 0.489 e. The lowest BCUT2D eigenvalue weighted by Crippen LogP contribution is -2.34. The molecule has 0 saturated carbocycles. The van der Waals surface area contributed by atoms with Crippen LogP contribution in [0.5, 0.6) is 5.75 Å². The summed E-state index contributed by atoms with van der Waals surface area (Å²) in [5, 5.41) is 2.75. The summed E-state index contributed by atoms with van der Waals surface area (Å²) in [5.41, 5.74) is 6.00. The Hall–Kier alpha value is -2.25. The van der Waals surface area contributed by atoms with Crippen molar-refractivity contribution >= 4 is 24.0 Å². The first-order valence-corrected chi connectivity index (χ1v) is 8.12. The molecule has 0 radical (unpaired) electrons. The molecule has 0 bridgehead atoms. The molecule has 2 aromatic rings. The number of amides is 1. The molecule has 2 rings (SSSR count). The number of halogens is 4. The third-order valence-corrected chi connectivity index (χ3v) is 3.98. The summed E-state index contributed by atoms with van der Waals surface area (Å²) in [6.07, 6.45) is -4.38. The van der Waals surface area contributed by atoms with Gasteiger partial charge in [-0.1, -0.05) is 19.1 Å². The molecule has 0 saturated heterocycles. The van der Waals surface area contributed by atoms with E-state index in [4.69, 9.17) is 10.5 Å². The van der Waals surface area contributed by atoms with E-state index in [0.717, 1.165) is 12.1 Å². The van der Waals surface area contributed by atoms with Gasteiger partial charge in [0.05, 0.1) is 11.5 Å². The Morgan fingerprint density at radius 1 is 1.15 bits per heavy atom. The van der Waals surface area contributed by atoms with Crippen molar-refractivity contribution in [3.8, 4) is 5.75 Å². The van der Waals surface area contributed by atoms with Crippen LogP contribution in [0.2, 0.25) is 0 Å². The number of alkyl halides is 3. The Kier molecular flexibility index (Phi) is 8.12. The van der Waals surface area contributed by atoms with Crippen molar-refractivity contribution in [3.05, 3.63) is 59.7 Å². The molecule has 148 valence electrons. The number of rotatable bonds is 6. The van der Waals surface area contributed by atoms with Crippen LogP contribution in [0.15, 0.2) is 48.5 Å². The van der Waals surface area contributed by atoms with Gasteiger partial charge in [0.2, 0.25) is 5.91 Å². The summed E-state index contributed by atoms with van der Waals surface area (Å²) in [4.78, 5) is 11.9. The number of hydrogen-bond acceptors (Lipinski definition) is 3. The smallest absolute Gasteiger partial charge is 0.416 e. The van der Waals surface area contributed by atoms with E-state index in [9.17, 15) is 18.0 Å². The van der Waals surface area contributed by atoms with E-state index in [-0.39, 0.29) is 36.9 Å². The Balaban J connectivity index is 0.00000364. The second-order valence-corrected chi connectivity index (χ2v) is 6.15.